The fraction of sp³-hybridized carbons (Fsp3) is 0.467. The lowest BCUT2D eigenvalue weighted by molar-refractivity contribution is 0.332. The van der Waals surface area contributed by atoms with Crippen molar-refractivity contribution in [2.24, 2.45) is 17.6 Å². The van der Waals surface area contributed by atoms with Gasteiger partial charge in [-0.3, -0.25) is 0 Å². The van der Waals surface area contributed by atoms with Crippen LogP contribution in [0, 0.1) is 11.8 Å². The van der Waals surface area contributed by atoms with E-state index in [4.69, 9.17) is 10.3 Å². The molecule has 6 nitrogen and oxygen atoms in total. The highest BCUT2D eigenvalue weighted by Gasteiger charge is 2.16. The van der Waals surface area contributed by atoms with Crippen molar-refractivity contribution in [1.82, 2.24) is 10.1 Å². The number of nitrogens with zero attached hydrogens (tertiary/aromatic N) is 2. The number of nitrogens with two attached hydrogens (primary N) is 1. The van der Waals surface area contributed by atoms with Gasteiger partial charge in [-0.2, -0.15) is 4.98 Å². The van der Waals surface area contributed by atoms with E-state index in [1.807, 2.05) is 0 Å². The molecule has 0 aliphatic carbocycles. The fourth-order valence-electron chi connectivity index (χ4n) is 2.29. The normalized spacial score (nSPS) is 12.8. The van der Waals surface area contributed by atoms with Gasteiger partial charge < -0.3 is 20.5 Å². The van der Waals surface area contributed by atoms with Crippen LogP contribution in [0.1, 0.15) is 26.2 Å². The Hall–Kier alpha value is -2.08. The average molecular weight is 291 g/mol. The Labute approximate surface area is 123 Å². The molecule has 1 unspecified atom stereocenters. The second-order valence-corrected chi connectivity index (χ2v) is 5.65. The van der Waals surface area contributed by atoms with E-state index in [0.717, 1.165) is 6.42 Å². The summed E-state index contributed by atoms with van der Waals surface area (Å²) in [4.78, 5) is 4.32. The van der Waals surface area contributed by atoms with Crippen molar-refractivity contribution in [1.29, 1.82) is 0 Å². The molecule has 0 aliphatic heterocycles. The molecule has 2 rings (SSSR count). The number of aromatic nitrogens is 2. The molecule has 0 spiro atoms. The van der Waals surface area contributed by atoms with E-state index in [0.29, 0.717) is 42.1 Å². The van der Waals surface area contributed by atoms with Crippen molar-refractivity contribution >= 4 is 0 Å². The second-order valence-electron chi connectivity index (χ2n) is 5.65. The predicted octanol–water partition coefficient (Wildman–Crippen LogP) is 2.31. The number of phenols is 2. The van der Waals surface area contributed by atoms with Gasteiger partial charge >= 0.3 is 0 Å². The van der Waals surface area contributed by atoms with Gasteiger partial charge in [-0.1, -0.05) is 19.0 Å². The van der Waals surface area contributed by atoms with Crippen molar-refractivity contribution in [3.8, 4) is 22.9 Å². The Kier molecular flexibility index (Phi) is 4.80. The number of rotatable bonds is 6. The highest BCUT2D eigenvalue weighted by atomic mass is 16.5. The van der Waals surface area contributed by atoms with Gasteiger partial charge in [0.1, 0.15) is 0 Å². The molecule has 0 saturated carbocycles. The van der Waals surface area contributed by atoms with Gasteiger partial charge in [0.25, 0.3) is 0 Å². The minimum Gasteiger partial charge on any atom is -0.504 e. The van der Waals surface area contributed by atoms with Crippen LogP contribution in [0.25, 0.3) is 11.4 Å². The zero-order valence-corrected chi connectivity index (χ0v) is 12.3. The van der Waals surface area contributed by atoms with Crippen LogP contribution in [0.2, 0.25) is 0 Å². The molecule has 0 saturated heterocycles. The Bertz CT molecular complexity index is 596. The highest BCUT2D eigenvalue weighted by molar-refractivity contribution is 5.59. The van der Waals surface area contributed by atoms with Gasteiger partial charge in [0.05, 0.1) is 0 Å². The highest BCUT2D eigenvalue weighted by Crippen LogP contribution is 2.29. The van der Waals surface area contributed by atoms with Crippen LogP contribution >= 0.6 is 0 Å². The number of benzene rings is 1. The van der Waals surface area contributed by atoms with Gasteiger partial charge in [0, 0.05) is 12.0 Å². The molecule has 1 heterocycles. The van der Waals surface area contributed by atoms with Crippen molar-refractivity contribution in [3.05, 3.63) is 24.1 Å². The zero-order chi connectivity index (χ0) is 15.4. The third kappa shape index (κ3) is 3.95. The first-order valence-corrected chi connectivity index (χ1v) is 7.04. The van der Waals surface area contributed by atoms with E-state index in [1.165, 1.54) is 12.1 Å². The summed E-state index contributed by atoms with van der Waals surface area (Å²) in [6.07, 6.45) is 1.65. The van der Waals surface area contributed by atoms with Crippen molar-refractivity contribution in [2.75, 3.05) is 6.54 Å². The molecule has 0 radical (unpaired) electrons. The predicted molar refractivity (Wildman–Crippen MR) is 78.8 cm³/mol. The van der Waals surface area contributed by atoms with Crippen LogP contribution in [0.4, 0.5) is 0 Å². The van der Waals surface area contributed by atoms with Crippen molar-refractivity contribution < 1.29 is 14.7 Å². The third-order valence-electron chi connectivity index (χ3n) is 3.30. The van der Waals surface area contributed by atoms with Crippen molar-refractivity contribution in [3.63, 3.8) is 0 Å². The fourth-order valence-corrected chi connectivity index (χ4v) is 2.29. The first-order chi connectivity index (χ1) is 9.99. The second kappa shape index (κ2) is 6.58. The largest absolute Gasteiger partial charge is 0.504 e. The third-order valence-corrected chi connectivity index (χ3v) is 3.30. The lowest BCUT2D eigenvalue weighted by Gasteiger charge is -2.14. The molecule has 21 heavy (non-hydrogen) atoms. The summed E-state index contributed by atoms with van der Waals surface area (Å²) in [6, 6.07) is 4.42. The van der Waals surface area contributed by atoms with Gasteiger partial charge in [0.2, 0.25) is 11.7 Å². The first-order valence-electron chi connectivity index (χ1n) is 7.04. The number of hydrogen-bond donors (Lipinski definition) is 3. The molecule has 1 atom stereocenters. The van der Waals surface area contributed by atoms with E-state index >= 15 is 0 Å². The summed E-state index contributed by atoms with van der Waals surface area (Å²) < 4.78 is 5.24. The van der Waals surface area contributed by atoms with Crippen LogP contribution in [-0.4, -0.2) is 26.9 Å². The molecule has 0 amide bonds. The lowest BCUT2D eigenvalue weighted by Crippen LogP contribution is -2.19. The Balaban J connectivity index is 2.11. The molecule has 1 aromatic carbocycles. The SMILES string of the molecule is CC(C)CC(CN)Cc1nc(-c2ccc(O)c(O)c2)no1. The van der Waals surface area contributed by atoms with Crippen molar-refractivity contribution in [2.45, 2.75) is 26.7 Å². The van der Waals surface area contributed by atoms with E-state index in [-0.39, 0.29) is 11.5 Å². The van der Waals surface area contributed by atoms with Gasteiger partial charge in [-0.05, 0) is 43.0 Å². The number of hydrogen-bond acceptors (Lipinski definition) is 6. The summed E-state index contributed by atoms with van der Waals surface area (Å²) in [5, 5.41) is 22.7. The van der Waals surface area contributed by atoms with Crippen LogP contribution in [0.3, 0.4) is 0 Å². The van der Waals surface area contributed by atoms with E-state index in [1.54, 1.807) is 6.07 Å². The summed E-state index contributed by atoms with van der Waals surface area (Å²) in [5.41, 5.74) is 6.36. The Morgan fingerprint density at radius 3 is 2.62 bits per heavy atom. The maximum atomic E-state index is 9.50. The molecule has 114 valence electrons. The molecule has 1 aromatic heterocycles. The van der Waals surface area contributed by atoms with E-state index in [2.05, 4.69) is 24.0 Å². The first kappa shape index (κ1) is 15.3. The lowest BCUT2D eigenvalue weighted by atomic mass is 9.94. The Morgan fingerprint density at radius 1 is 1.24 bits per heavy atom. The molecule has 2 aromatic rings. The van der Waals surface area contributed by atoms with Gasteiger partial charge in [-0.15, -0.1) is 0 Å². The topological polar surface area (TPSA) is 105 Å². The summed E-state index contributed by atoms with van der Waals surface area (Å²) >= 11 is 0. The summed E-state index contributed by atoms with van der Waals surface area (Å²) in [5.74, 6) is 1.41. The molecular weight excluding hydrogens is 270 g/mol. The van der Waals surface area contributed by atoms with Crippen LogP contribution < -0.4 is 5.73 Å². The zero-order valence-electron chi connectivity index (χ0n) is 12.3. The minimum atomic E-state index is -0.210. The molecular formula is C15H21N3O3. The Morgan fingerprint density at radius 2 is 2.00 bits per heavy atom. The molecule has 0 aliphatic rings. The van der Waals surface area contributed by atoms with Crippen LogP contribution in [0.15, 0.2) is 22.7 Å². The van der Waals surface area contributed by atoms with Crippen LogP contribution in [0.5, 0.6) is 11.5 Å². The number of aromatic hydroxyl groups is 2. The quantitative estimate of drug-likeness (QED) is 0.705. The maximum absolute atomic E-state index is 9.50. The monoisotopic (exact) mass is 291 g/mol. The average Bonchev–Trinajstić information content (AvgIpc) is 2.89. The minimum absolute atomic E-state index is 0.178. The maximum Gasteiger partial charge on any atom is 0.227 e. The number of phenolic OH excluding ortho intramolecular Hbond substituents is 2. The van der Waals surface area contributed by atoms with Gasteiger partial charge in [0.15, 0.2) is 11.5 Å². The molecule has 4 N–H and O–H groups in total. The standard InChI is InChI=1S/C15H21N3O3/c1-9(2)5-10(8-16)6-14-17-15(18-21-14)11-3-4-12(19)13(20)7-11/h3-4,7,9-10,19-20H,5-6,8,16H2,1-2H3. The van der Waals surface area contributed by atoms with Gasteiger partial charge in [-0.25, -0.2) is 0 Å². The molecule has 0 bridgehead atoms. The summed E-state index contributed by atoms with van der Waals surface area (Å²) in [7, 11) is 0. The summed E-state index contributed by atoms with van der Waals surface area (Å²) in [6.45, 7) is 4.89. The van der Waals surface area contributed by atoms with E-state index in [9.17, 15) is 10.2 Å². The van der Waals surface area contributed by atoms with E-state index < -0.39 is 0 Å². The van der Waals surface area contributed by atoms with Crippen LogP contribution in [-0.2, 0) is 6.42 Å². The molecule has 0 fully saturated rings. The smallest absolute Gasteiger partial charge is 0.227 e. The molecule has 6 heteroatoms.